The van der Waals surface area contributed by atoms with Crippen LogP contribution in [-0.4, -0.2) is 12.5 Å². The molecule has 0 spiro atoms. The maximum Gasteiger partial charge on any atom is 0.267 e. The van der Waals surface area contributed by atoms with Gasteiger partial charge in [0.1, 0.15) is 17.4 Å². The number of halogens is 1. The topological polar surface area (TPSA) is 74.1 Å². The van der Waals surface area contributed by atoms with Gasteiger partial charge in [-0.2, -0.15) is 5.26 Å². The van der Waals surface area contributed by atoms with Crippen LogP contribution in [0.2, 0.25) is 5.02 Å². The third-order valence-corrected chi connectivity index (χ3v) is 3.28. The van der Waals surface area contributed by atoms with Gasteiger partial charge in [-0.05, 0) is 43.3 Å². The van der Waals surface area contributed by atoms with Crippen LogP contribution in [0.25, 0.3) is 0 Å². The molecule has 0 fully saturated rings. The van der Waals surface area contributed by atoms with E-state index in [2.05, 4.69) is 10.6 Å². The minimum atomic E-state index is -0.513. The Morgan fingerprint density at radius 3 is 2.62 bits per heavy atom. The molecule has 122 valence electrons. The maximum absolute atomic E-state index is 12.2. The molecule has 24 heavy (non-hydrogen) atoms. The largest absolute Gasteiger partial charge is 0.492 e. The van der Waals surface area contributed by atoms with Crippen LogP contribution < -0.4 is 15.4 Å². The number of nitrogens with zero attached hydrogens (tertiary/aromatic N) is 1. The van der Waals surface area contributed by atoms with Crippen molar-refractivity contribution in [3.05, 3.63) is 65.3 Å². The molecule has 0 aliphatic heterocycles. The molecular formula is C18H16ClN3O2. The molecule has 0 aliphatic carbocycles. The standard InChI is InChI=1S/C18H16ClN3O2/c1-2-24-17-6-4-3-5-16(17)21-12-13(11-20)18(23)22-15-9-7-14(19)8-10-15/h3-10,12,21H,2H2,1H3,(H,22,23)/b13-12-. The fraction of sp³-hybridized carbons (Fsp3) is 0.111. The van der Waals surface area contributed by atoms with Crippen LogP contribution in [0, 0.1) is 11.3 Å². The summed E-state index contributed by atoms with van der Waals surface area (Å²) in [6.45, 7) is 2.40. The molecule has 0 saturated heterocycles. The molecule has 6 heteroatoms. The summed E-state index contributed by atoms with van der Waals surface area (Å²) in [5, 5.41) is 15.3. The Bertz CT molecular complexity index is 780. The summed E-state index contributed by atoms with van der Waals surface area (Å²) in [5.41, 5.74) is 1.17. The van der Waals surface area contributed by atoms with Crippen LogP contribution in [0.15, 0.2) is 60.3 Å². The maximum atomic E-state index is 12.2. The number of para-hydroxylation sites is 2. The number of rotatable bonds is 6. The Kier molecular flexibility index (Phi) is 6.23. The van der Waals surface area contributed by atoms with Crippen LogP contribution in [0.5, 0.6) is 5.75 Å². The zero-order chi connectivity index (χ0) is 17.4. The molecule has 5 nitrogen and oxygen atoms in total. The van der Waals surface area contributed by atoms with E-state index in [0.29, 0.717) is 28.8 Å². The van der Waals surface area contributed by atoms with E-state index in [1.165, 1.54) is 6.20 Å². The Balaban J connectivity index is 2.10. The predicted molar refractivity (Wildman–Crippen MR) is 95.0 cm³/mol. The monoisotopic (exact) mass is 341 g/mol. The van der Waals surface area contributed by atoms with E-state index in [-0.39, 0.29) is 5.57 Å². The van der Waals surface area contributed by atoms with E-state index in [0.717, 1.165) is 0 Å². The quantitative estimate of drug-likeness (QED) is 0.610. The van der Waals surface area contributed by atoms with Crippen molar-refractivity contribution in [1.29, 1.82) is 5.26 Å². The zero-order valence-corrected chi connectivity index (χ0v) is 13.8. The Morgan fingerprint density at radius 2 is 1.96 bits per heavy atom. The normalized spacial score (nSPS) is 10.6. The summed E-state index contributed by atoms with van der Waals surface area (Å²) < 4.78 is 5.48. The molecule has 0 saturated carbocycles. The lowest BCUT2D eigenvalue weighted by molar-refractivity contribution is -0.112. The van der Waals surface area contributed by atoms with Crippen molar-refractivity contribution in [3.8, 4) is 11.8 Å². The molecule has 1 amide bonds. The Labute approximate surface area is 145 Å². The second-order valence-electron chi connectivity index (χ2n) is 4.70. The van der Waals surface area contributed by atoms with Gasteiger partial charge in [-0.1, -0.05) is 23.7 Å². The summed E-state index contributed by atoms with van der Waals surface area (Å²) in [5.74, 6) is 0.132. The summed E-state index contributed by atoms with van der Waals surface area (Å²) >= 11 is 5.80. The summed E-state index contributed by atoms with van der Waals surface area (Å²) in [6, 6.07) is 15.8. The lowest BCUT2D eigenvalue weighted by Gasteiger charge is -2.10. The number of ether oxygens (including phenoxy) is 1. The third kappa shape index (κ3) is 4.77. The molecule has 0 unspecified atom stereocenters. The number of nitriles is 1. The van der Waals surface area contributed by atoms with E-state index < -0.39 is 5.91 Å². The van der Waals surface area contributed by atoms with E-state index in [4.69, 9.17) is 16.3 Å². The average molecular weight is 342 g/mol. The van der Waals surface area contributed by atoms with Crippen molar-refractivity contribution in [2.75, 3.05) is 17.2 Å². The molecule has 0 bridgehead atoms. The van der Waals surface area contributed by atoms with E-state index >= 15 is 0 Å². The van der Waals surface area contributed by atoms with Gasteiger partial charge in [0.05, 0.1) is 12.3 Å². The van der Waals surface area contributed by atoms with Crippen molar-refractivity contribution in [3.63, 3.8) is 0 Å². The van der Waals surface area contributed by atoms with Crippen molar-refractivity contribution in [1.82, 2.24) is 0 Å². The zero-order valence-electron chi connectivity index (χ0n) is 13.0. The number of nitrogens with one attached hydrogen (secondary N) is 2. The lowest BCUT2D eigenvalue weighted by Crippen LogP contribution is -2.14. The first kappa shape index (κ1) is 17.4. The number of benzene rings is 2. The fourth-order valence-electron chi connectivity index (χ4n) is 1.90. The second kappa shape index (κ2) is 8.61. The van der Waals surface area contributed by atoms with Gasteiger partial charge in [0.2, 0.25) is 0 Å². The van der Waals surface area contributed by atoms with Crippen LogP contribution in [-0.2, 0) is 4.79 Å². The molecule has 0 aromatic heterocycles. The third-order valence-electron chi connectivity index (χ3n) is 3.03. The van der Waals surface area contributed by atoms with Crippen molar-refractivity contribution in [2.45, 2.75) is 6.92 Å². The molecular weight excluding hydrogens is 326 g/mol. The summed E-state index contributed by atoms with van der Waals surface area (Å²) in [6.07, 6.45) is 1.35. The molecule has 0 atom stereocenters. The van der Waals surface area contributed by atoms with E-state index in [1.807, 2.05) is 25.1 Å². The van der Waals surface area contributed by atoms with Crippen LogP contribution in [0.4, 0.5) is 11.4 Å². The predicted octanol–water partition coefficient (Wildman–Crippen LogP) is 4.20. The molecule has 2 rings (SSSR count). The van der Waals surface area contributed by atoms with Gasteiger partial charge in [-0.3, -0.25) is 4.79 Å². The van der Waals surface area contributed by atoms with E-state index in [1.54, 1.807) is 36.4 Å². The molecule has 2 aromatic carbocycles. The second-order valence-corrected chi connectivity index (χ2v) is 5.14. The van der Waals surface area contributed by atoms with E-state index in [9.17, 15) is 10.1 Å². The summed E-state index contributed by atoms with van der Waals surface area (Å²) in [7, 11) is 0. The molecule has 2 aromatic rings. The van der Waals surface area contributed by atoms with Gasteiger partial charge >= 0.3 is 0 Å². The van der Waals surface area contributed by atoms with Crippen LogP contribution >= 0.6 is 11.6 Å². The van der Waals surface area contributed by atoms with Gasteiger partial charge in [0, 0.05) is 16.9 Å². The van der Waals surface area contributed by atoms with Gasteiger partial charge in [0.25, 0.3) is 5.91 Å². The number of hydrogen-bond donors (Lipinski definition) is 2. The minimum absolute atomic E-state index is 0.0590. The number of carbonyl (C=O) groups excluding carboxylic acids is 1. The van der Waals surface area contributed by atoms with Crippen LogP contribution in [0.1, 0.15) is 6.92 Å². The summed E-state index contributed by atoms with van der Waals surface area (Å²) in [4.78, 5) is 12.2. The van der Waals surface area contributed by atoms with Gasteiger partial charge in [0.15, 0.2) is 0 Å². The molecule has 2 N–H and O–H groups in total. The first-order valence-corrected chi connectivity index (χ1v) is 7.67. The van der Waals surface area contributed by atoms with Gasteiger partial charge < -0.3 is 15.4 Å². The van der Waals surface area contributed by atoms with Crippen LogP contribution in [0.3, 0.4) is 0 Å². The van der Waals surface area contributed by atoms with Crippen molar-refractivity contribution in [2.24, 2.45) is 0 Å². The smallest absolute Gasteiger partial charge is 0.267 e. The molecule has 0 radical (unpaired) electrons. The highest BCUT2D eigenvalue weighted by Crippen LogP contribution is 2.24. The highest BCUT2D eigenvalue weighted by Gasteiger charge is 2.10. The molecule has 0 aliphatic rings. The SMILES string of the molecule is CCOc1ccccc1N/C=C(/C#N)C(=O)Nc1ccc(Cl)cc1. The number of anilines is 2. The lowest BCUT2D eigenvalue weighted by atomic mass is 10.2. The Hall–Kier alpha value is -2.97. The number of carbonyl (C=O) groups is 1. The first-order valence-electron chi connectivity index (χ1n) is 7.29. The molecule has 0 heterocycles. The highest BCUT2D eigenvalue weighted by molar-refractivity contribution is 6.30. The van der Waals surface area contributed by atoms with Gasteiger partial charge in [-0.15, -0.1) is 0 Å². The minimum Gasteiger partial charge on any atom is -0.492 e. The fourth-order valence-corrected chi connectivity index (χ4v) is 2.02. The Morgan fingerprint density at radius 1 is 1.25 bits per heavy atom. The number of hydrogen-bond acceptors (Lipinski definition) is 4. The first-order chi connectivity index (χ1) is 11.6. The number of amides is 1. The van der Waals surface area contributed by atoms with Crippen molar-refractivity contribution < 1.29 is 9.53 Å². The highest BCUT2D eigenvalue weighted by atomic mass is 35.5. The average Bonchev–Trinajstić information content (AvgIpc) is 2.59. The van der Waals surface area contributed by atoms with Crippen molar-refractivity contribution >= 4 is 28.9 Å². The van der Waals surface area contributed by atoms with Gasteiger partial charge in [-0.25, -0.2) is 0 Å².